The van der Waals surface area contributed by atoms with Gasteiger partial charge in [-0.1, -0.05) is 0 Å². The SMILES string of the molecule is COCCCOCCOc1nc(NN)nc2[nH]ncc12. The molecule has 0 bridgehead atoms. The molecule has 20 heavy (non-hydrogen) atoms. The average molecular weight is 282 g/mol. The second-order valence-corrected chi connectivity index (χ2v) is 3.94. The van der Waals surface area contributed by atoms with Crippen molar-refractivity contribution in [1.82, 2.24) is 20.2 Å². The second-order valence-electron chi connectivity index (χ2n) is 3.94. The molecule has 0 saturated heterocycles. The van der Waals surface area contributed by atoms with Gasteiger partial charge in [-0.05, 0) is 6.42 Å². The van der Waals surface area contributed by atoms with Crippen LogP contribution in [0.15, 0.2) is 6.20 Å². The normalized spacial score (nSPS) is 10.9. The molecule has 0 aliphatic rings. The minimum atomic E-state index is 0.262. The number of hydrogen-bond donors (Lipinski definition) is 3. The highest BCUT2D eigenvalue weighted by Gasteiger charge is 2.09. The number of aromatic amines is 1. The van der Waals surface area contributed by atoms with Crippen molar-refractivity contribution in [2.24, 2.45) is 5.84 Å². The Kier molecular flexibility index (Phi) is 5.47. The van der Waals surface area contributed by atoms with Crippen molar-refractivity contribution in [1.29, 1.82) is 0 Å². The maximum Gasteiger partial charge on any atom is 0.242 e. The van der Waals surface area contributed by atoms with E-state index in [0.29, 0.717) is 43.3 Å². The largest absolute Gasteiger partial charge is 0.475 e. The van der Waals surface area contributed by atoms with E-state index in [1.807, 2.05) is 0 Å². The molecule has 0 saturated carbocycles. The number of H-pyrrole nitrogens is 1. The van der Waals surface area contributed by atoms with E-state index in [1.54, 1.807) is 13.3 Å². The lowest BCUT2D eigenvalue weighted by molar-refractivity contribution is 0.0800. The molecule has 0 amide bonds. The van der Waals surface area contributed by atoms with Crippen LogP contribution in [0.25, 0.3) is 11.0 Å². The van der Waals surface area contributed by atoms with Gasteiger partial charge in [0.2, 0.25) is 11.8 Å². The van der Waals surface area contributed by atoms with Crippen LogP contribution in [0.1, 0.15) is 6.42 Å². The minimum absolute atomic E-state index is 0.262. The summed E-state index contributed by atoms with van der Waals surface area (Å²) in [6.07, 6.45) is 2.46. The number of anilines is 1. The highest BCUT2D eigenvalue weighted by Crippen LogP contribution is 2.21. The van der Waals surface area contributed by atoms with E-state index in [1.165, 1.54) is 0 Å². The van der Waals surface area contributed by atoms with Gasteiger partial charge in [-0.15, -0.1) is 0 Å². The van der Waals surface area contributed by atoms with Crippen LogP contribution >= 0.6 is 0 Å². The van der Waals surface area contributed by atoms with Crippen molar-refractivity contribution in [2.45, 2.75) is 6.42 Å². The third-order valence-corrected chi connectivity index (χ3v) is 2.51. The van der Waals surface area contributed by atoms with E-state index in [4.69, 9.17) is 20.1 Å². The Bertz CT molecular complexity index is 532. The number of aromatic nitrogens is 4. The highest BCUT2D eigenvalue weighted by atomic mass is 16.5. The van der Waals surface area contributed by atoms with E-state index in [9.17, 15) is 0 Å². The Morgan fingerprint density at radius 1 is 1.25 bits per heavy atom. The van der Waals surface area contributed by atoms with Gasteiger partial charge in [0.25, 0.3) is 0 Å². The molecule has 0 spiro atoms. The number of methoxy groups -OCH3 is 1. The molecule has 2 aromatic heterocycles. The van der Waals surface area contributed by atoms with Gasteiger partial charge in [-0.25, -0.2) is 5.84 Å². The van der Waals surface area contributed by atoms with Crippen LogP contribution in [-0.2, 0) is 9.47 Å². The summed E-state index contributed by atoms with van der Waals surface area (Å²) >= 11 is 0. The van der Waals surface area contributed by atoms with Crippen LogP contribution in [0.3, 0.4) is 0 Å². The molecular weight excluding hydrogens is 264 g/mol. The van der Waals surface area contributed by atoms with E-state index in [0.717, 1.165) is 6.42 Å². The van der Waals surface area contributed by atoms with Gasteiger partial charge in [0.05, 0.1) is 12.8 Å². The maximum atomic E-state index is 5.56. The fourth-order valence-electron chi connectivity index (χ4n) is 1.59. The van der Waals surface area contributed by atoms with Gasteiger partial charge in [0.1, 0.15) is 12.0 Å². The standard InChI is InChI=1S/C11H18N6O3/c1-18-3-2-4-19-5-6-20-10-8-7-13-17-9(8)14-11(15-10)16-12/h7H,2-6,12H2,1H3,(H2,13,14,15,16,17). The molecule has 9 nitrogen and oxygen atoms in total. The second kappa shape index (κ2) is 7.58. The summed E-state index contributed by atoms with van der Waals surface area (Å²) in [5.41, 5.74) is 2.94. The molecule has 0 aromatic carbocycles. The summed E-state index contributed by atoms with van der Waals surface area (Å²) in [5, 5.41) is 7.33. The summed E-state index contributed by atoms with van der Waals surface area (Å²) in [7, 11) is 1.66. The Labute approximate surface area is 115 Å². The maximum absolute atomic E-state index is 5.56. The monoisotopic (exact) mass is 282 g/mol. The first-order chi connectivity index (χ1) is 9.85. The molecule has 0 radical (unpaired) electrons. The number of rotatable bonds is 9. The van der Waals surface area contributed by atoms with Crippen molar-refractivity contribution in [3.05, 3.63) is 6.20 Å². The summed E-state index contributed by atoms with van der Waals surface area (Å²) in [6.45, 7) is 2.18. The molecule has 0 aliphatic heterocycles. The Morgan fingerprint density at radius 3 is 2.95 bits per heavy atom. The number of nitrogens with one attached hydrogen (secondary N) is 2. The summed E-state index contributed by atoms with van der Waals surface area (Å²) in [4.78, 5) is 8.24. The van der Waals surface area contributed by atoms with Crippen LogP contribution in [0, 0.1) is 0 Å². The van der Waals surface area contributed by atoms with Crippen molar-refractivity contribution in [3.8, 4) is 5.88 Å². The van der Waals surface area contributed by atoms with Crippen molar-refractivity contribution >= 4 is 17.0 Å². The van der Waals surface area contributed by atoms with Crippen LogP contribution in [0.4, 0.5) is 5.95 Å². The van der Waals surface area contributed by atoms with Gasteiger partial charge >= 0.3 is 0 Å². The summed E-state index contributed by atoms with van der Waals surface area (Å²) < 4.78 is 15.9. The fraction of sp³-hybridized carbons (Fsp3) is 0.545. The van der Waals surface area contributed by atoms with Gasteiger partial charge in [-0.2, -0.15) is 15.1 Å². The quantitative estimate of drug-likeness (QED) is 0.336. The van der Waals surface area contributed by atoms with Gasteiger partial charge < -0.3 is 14.2 Å². The van der Waals surface area contributed by atoms with Crippen LogP contribution in [0.2, 0.25) is 0 Å². The molecule has 0 aliphatic carbocycles. The number of nitrogen functional groups attached to an aromatic ring is 1. The van der Waals surface area contributed by atoms with Crippen LogP contribution in [0.5, 0.6) is 5.88 Å². The van der Waals surface area contributed by atoms with Crippen molar-refractivity contribution in [3.63, 3.8) is 0 Å². The average Bonchev–Trinajstić information content (AvgIpc) is 2.94. The lowest BCUT2D eigenvalue weighted by Gasteiger charge is -2.08. The van der Waals surface area contributed by atoms with E-state index in [-0.39, 0.29) is 5.95 Å². The number of fused-ring (bicyclic) bond motifs is 1. The van der Waals surface area contributed by atoms with Crippen molar-refractivity contribution < 1.29 is 14.2 Å². The van der Waals surface area contributed by atoms with Crippen LogP contribution in [-0.4, -0.2) is 53.7 Å². The molecule has 0 fully saturated rings. The summed E-state index contributed by atoms with van der Waals surface area (Å²) in [5.74, 6) is 5.98. The highest BCUT2D eigenvalue weighted by molar-refractivity contribution is 5.80. The number of ether oxygens (including phenoxy) is 3. The molecule has 0 unspecified atom stereocenters. The Hall–Kier alpha value is -1.97. The van der Waals surface area contributed by atoms with Crippen molar-refractivity contribution in [2.75, 3.05) is 39.0 Å². The molecular formula is C11H18N6O3. The predicted molar refractivity (Wildman–Crippen MR) is 72.3 cm³/mol. The lowest BCUT2D eigenvalue weighted by atomic mass is 10.4. The lowest BCUT2D eigenvalue weighted by Crippen LogP contribution is -2.13. The van der Waals surface area contributed by atoms with Gasteiger partial charge in [0.15, 0.2) is 5.65 Å². The molecule has 0 atom stereocenters. The van der Waals surface area contributed by atoms with Gasteiger partial charge in [-0.3, -0.25) is 10.5 Å². The Balaban J connectivity index is 1.84. The third kappa shape index (κ3) is 3.76. The van der Waals surface area contributed by atoms with Crippen LogP contribution < -0.4 is 16.0 Å². The topological polar surface area (TPSA) is 120 Å². The smallest absolute Gasteiger partial charge is 0.242 e. The number of hydrazine groups is 1. The van der Waals surface area contributed by atoms with E-state index in [2.05, 4.69) is 25.6 Å². The molecule has 2 heterocycles. The molecule has 9 heteroatoms. The first-order valence-corrected chi connectivity index (χ1v) is 6.22. The van der Waals surface area contributed by atoms with E-state index < -0.39 is 0 Å². The third-order valence-electron chi connectivity index (χ3n) is 2.51. The molecule has 4 N–H and O–H groups in total. The minimum Gasteiger partial charge on any atom is -0.475 e. The summed E-state index contributed by atoms with van der Waals surface area (Å²) in [6, 6.07) is 0. The zero-order valence-electron chi connectivity index (χ0n) is 11.3. The first-order valence-electron chi connectivity index (χ1n) is 6.22. The molecule has 2 aromatic rings. The molecule has 2 rings (SSSR count). The molecule has 110 valence electrons. The fourth-order valence-corrected chi connectivity index (χ4v) is 1.59. The van der Waals surface area contributed by atoms with Gasteiger partial charge in [0, 0.05) is 20.3 Å². The number of nitrogens with two attached hydrogens (primary N) is 1. The van der Waals surface area contributed by atoms with E-state index >= 15 is 0 Å². The Morgan fingerprint density at radius 2 is 2.15 bits per heavy atom. The predicted octanol–water partition coefficient (Wildman–Crippen LogP) is 0.0704. The zero-order valence-corrected chi connectivity index (χ0v) is 11.3. The first kappa shape index (κ1) is 14.4. The zero-order chi connectivity index (χ0) is 14.2. The number of nitrogens with zero attached hydrogens (tertiary/aromatic N) is 3. The number of hydrogen-bond acceptors (Lipinski definition) is 8.